The van der Waals surface area contributed by atoms with Crippen LogP contribution in [0.4, 0.5) is 0 Å². The zero-order valence-corrected chi connectivity index (χ0v) is 6.77. The zero-order chi connectivity index (χ0) is 6.77. The van der Waals surface area contributed by atoms with Gasteiger partial charge in [-0.3, -0.25) is 0 Å². The Morgan fingerprint density at radius 1 is 1.10 bits per heavy atom. The SMILES string of the molecule is CC1C[C@@H]2C[C@@H]3CC3(C1)C2. The van der Waals surface area contributed by atoms with Crippen molar-refractivity contribution in [3.8, 4) is 0 Å². The van der Waals surface area contributed by atoms with Gasteiger partial charge in [0.2, 0.25) is 0 Å². The number of hydrogen-bond acceptors (Lipinski definition) is 0. The molecule has 1 spiro atoms. The number of hydrogen-bond donors (Lipinski definition) is 0. The average Bonchev–Trinajstić information content (AvgIpc) is 2.33. The molecule has 0 aliphatic heterocycles. The molecule has 0 saturated heterocycles. The molecule has 56 valence electrons. The lowest BCUT2D eigenvalue weighted by Gasteiger charge is -2.28. The summed E-state index contributed by atoms with van der Waals surface area (Å²) in [7, 11) is 0. The van der Waals surface area contributed by atoms with Crippen molar-refractivity contribution in [3.05, 3.63) is 0 Å². The van der Waals surface area contributed by atoms with Crippen LogP contribution in [0.5, 0.6) is 0 Å². The summed E-state index contributed by atoms with van der Waals surface area (Å²) >= 11 is 0. The third-order valence-electron chi connectivity index (χ3n) is 4.16. The second kappa shape index (κ2) is 1.44. The molecular weight excluding hydrogens is 120 g/mol. The van der Waals surface area contributed by atoms with Crippen molar-refractivity contribution in [2.24, 2.45) is 23.2 Å². The standard InChI is InChI=1S/C10H16/c1-7-2-8-3-9-6-10(9,4-7)5-8/h7-9H,2-6H2,1H3/t7?,8-,9-,10?/m1/s1. The smallest absolute Gasteiger partial charge is 0.0261 e. The van der Waals surface area contributed by atoms with E-state index in [1.54, 1.807) is 32.1 Å². The highest BCUT2D eigenvalue weighted by Gasteiger charge is 2.61. The van der Waals surface area contributed by atoms with Gasteiger partial charge in [0.25, 0.3) is 0 Å². The molecule has 0 N–H and O–H groups in total. The number of fused-ring (bicyclic) bond motifs is 1. The monoisotopic (exact) mass is 136 g/mol. The van der Waals surface area contributed by atoms with Crippen LogP contribution in [-0.4, -0.2) is 0 Å². The predicted molar refractivity (Wildman–Crippen MR) is 41.7 cm³/mol. The zero-order valence-electron chi connectivity index (χ0n) is 6.77. The maximum absolute atomic E-state index is 2.45. The molecule has 0 heteroatoms. The third-order valence-corrected chi connectivity index (χ3v) is 4.16. The molecule has 0 aromatic rings. The molecule has 3 rings (SSSR count). The van der Waals surface area contributed by atoms with E-state index in [0.717, 1.165) is 17.3 Å². The summed E-state index contributed by atoms with van der Waals surface area (Å²) in [6.07, 6.45) is 7.95. The lowest BCUT2D eigenvalue weighted by Crippen LogP contribution is -2.17. The van der Waals surface area contributed by atoms with Gasteiger partial charge in [-0.1, -0.05) is 6.92 Å². The minimum atomic E-state index is 0.933. The van der Waals surface area contributed by atoms with Gasteiger partial charge in [0, 0.05) is 0 Å². The van der Waals surface area contributed by atoms with Crippen LogP contribution in [0.2, 0.25) is 0 Å². The third kappa shape index (κ3) is 0.538. The van der Waals surface area contributed by atoms with E-state index in [1.807, 2.05) is 0 Å². The largest absolute Gasteiger partial charge is 0.0625 e. The lowest BCUT2D eigenvalue weighted by molar-refractivity contribution is 0.230. The fraction of sp³-hybridized carbons (Fsp3) is 1.00. The van der Waals surface area contributed by atoms with Crippen LogP contribution < -0.4 is 0 Å². The summed E-state index contributed by atoms with van der Waals surface area (Å²) in [5, 5.41) is 0. The van der Waals surface area contributed by atoms with Crippen LogP contribution in [0.1, 0.15) is 39.0 Å². The van der Waals surface area contributed by atoms with Crippen molar-refractivity contribution in [2.45, 2.75) is 39.0 Å². The van der Waals surface area contributed by atoms with E-state index in [0.29, 0.717) is 0 Å². The second-order valence-corrected chi connectivity index (χ2v) is 5.11. The molecule has 0 aromatic carbocycles. The van der Waals surface area contributed by atoms with E-state index in [1.165, 1.54) is 5.92 Å². The Morgan fingerprint density at radius 2 is 2.00 bits per heavy atom. The Bertz CT molecular complexity index is 171. The first-order valence-electron chi connectivity index (χ1n) is 4.78. The molecule has 3 saturated carbocycles. The van der Waals surface area contributed by atoms with Crippen LogP contribution >= 0.6 is 0 Å². The van der Waals surface area contributed by atoms with Gasteiger partial charge in [0.15, 0.2) is 0 Å². The molecule has 0 heterocycles. The maximum atomic E-state index is 2.45. The Kier molecular flexibility index (Phi) is 0.810. The van der Waals surface area contributed by atoms with Crippen molar-refractivity contribution in [2.75, 3.05) is 0 Å². The summed E-state index contributed by atoms with van der Waals surface area (Å²) in [4.78, 5) is 0. The summed E-state index contributed by atoms with van der Waals surface area (Å²) in [5.41, 5.74) is 0.933. The van der Waals surface area contributed by atoms with E-state index in [9.17, 15) is 0 Å². The summed E-state index contributed by atoms with van der Waals surface area (Å²) < 4.78 is 0. The molecule has 0 nitrogen and oxygen atoms in total. The Labute approximate surface area is 63.0 Å². The Morgan fingerprint density at radius 3 is 2.80 bits per heavy atom. The second-order valence-electron chi connectivity index (χ2n) is 5.11. The van der Waals surface area contributed by atoms with E-state index < -0.39 is 0 Å². The van der Waals surface area contributed by atoms with Gasteiger partial charge in [-0.2, -0.15) is 0 Å². The molecule has 3 aliphatic rings. The van der Waals surface area contributed by atoms with Crippen LogP contribution in [0, 0.1) is 23.2 Å². The molecule has 4 atom stereocenters. The quantitative estimate of drug-likeness (QED) is 0.480. The highest BCUT2D eigenvalue weighted by atomic mass is 14.7. The summed E-state index contributed by atoms with van der Waals surface area (Å²) in [6, 6.07) is 0. The normalized spacial score (nSPS) is 63.9. The van der Waals surface area contributed by atoms with Gasteiger partial charge in [-0.25, -0.2) is 0 Å². The Hall–Kier alpha value is 0. The van der Waals surface area contributed by atoms with Gasteiger partial charge in [0.05, 0.1) is 0 Å². The molecule has 0 aromatic heterocycles. The van der Waals surface area contributed by atoms with E-state index in [-0.39, 0.29) is 0 Å². The van der Waals surface area contributed by atoms with Gasteiger partial charge >= 0.3 is 0 Å². The first kappa shape index (κ1) is 5.62. The van der Waals surface area contributed by atoms with Gasteiger partial charge in [-0.15, -0.1) is 0 Å². The summed E-state index contributed by atoms with van der Waals surface area (Å²) in [6.45, 7) is 2.45. The van der Waals surface area contributed by atoms with Gasteiger partial charge in [-0.05, 0) is 55.3 Å². The highest BCUT2D eigenvalue weighted by Crippen LogP contribution is 2.71. The van der Waals surface area contributed by atoms with Gasteiger partial charge in [0.1, 0.15) is 0 Å². The topological polar surface area (TPSA) is 0 Å². The van der Waals surface area contributed by atoms with Crippen molar-refractivity contribution < 1.29 is 0 Å². The van der Waals surface area contributed by atoms with E-state index in [4.69, 9.17) is 0 Å². The summed E-state index contributed by atoms with van der Waals surface area (Å²) in [5.74, 6) is 3.41. The first-order valence-corrected chi connectivity index (χ1v) is 4.78. The minimum absolute atomic E-state index is 0.933. The first-order chi connectivity index (χ1) is 4.78. The lowest BCUT2D eigenvalue weighted by atomic mass is 9.77. The minimum Gasteiger partial charge on any atom is -0.0625 e. The fourth-order valence-corrected chi connectivity index (χ4v) is 3.93. The van der Waals surface area contributed by atoms with Crippen LogP contribution in [0.25, 0.3) is 0 Å². The number of rotatable bonds is 0. The highest BCUT2D eigenvalue weighted by molar-refractivity contribution is 5.11. The van der Waals surface area contributed by atoms with E-state index in [2.05, 4.69) is 6.92 Å². The molecule has 2 unspecified atom stereocenters. The molecule has 0 radical (unpaired) electrons. The molecule has 3 aliphatic carbocycles. The molecule has 2 bridgehead atoms. The van der Waals surface area contributed by atoms with Crippen LogP contribution in [0.15, 0.2) is 0 Å². The van der Waals surface area contributed by atoms with Gasteiger partial charge < -0.3 is 0 Å². The molecule has 0 amide bonds. The maximum Gasteiger partial charge on any atom is -0.0261 e. The van der Waals surface area contributed by atoms with Crippen molar-refractivity contribution in [1.82, 2.24) is 0 Å². The molecule has 10 heavy (non-hydrogen) atoms. The van der Waals surface area contributed by atoms with E-state index >= 15 is 0 Å². The molecule has 3 fully saturated rings. The molecular formula is C10H16. The van der Waals surface area contributed by atoms with Crippen molar-refractivity contribution >= 4 is 0 Å². The van der Waals surface area contributed by atoms with Crippen molar-refractivity contribution in [1.29, 1.82) is 0 Å². The van der Waals surface area contributed by atoms with Crippen LogP contribution in [-0.2, 0) is 0 Å². The fourth-order valence-electron chi connectivity index (χ4n) is 3.93. The van der Waals surface area contributed by atoms with Crippen LogP contribution in [0.3, 0.4) is 0 Å². The average molecular weight is 136 g/mol. The predicted octanol–water partition coefficient (Wildman–Crippen LogP) is 2.83. The Balaban J connectivity index is 1.91. The van der Waals surface area contributed by atoms with Crippen molar-refractivity contribution in [3.63, 3.8) is 0 Å².